The van der Waals surface area contributed by atoms with Crippen LogP contribution < -0.4 is 5.32 Å². The fraction of sp³-hybridized carbons (Fsp3) is 0.176. The van der Waals surface area contributed by atoms with Crippen molar-refractivity contribution in [1.29, 1.82) is 5.26 Å². The van der Waals surface area contributed by atoms with E-state index in [2.05, 4.69) is 5.32 Å². The van der Waals surface area contributed by atoms with E-state index in [1.165, 1.54) is 0 Å². The van der Waals surface area contributed by atoms with Crippen molar-refractivity contribution in [3.63, 3.8) is 0 Å². The van der Waals surface area contributed by atoms with Gasteiger partial charge < -0.3 is 5.32 Å². The number of carbonyl (C=O) groups excluding carboxylic acids is 1. The largest absolute Gasteiger partial charge is 0.345 e. The lowest BCUT2D eigenvalue weighted by molar-refractivity contribution is 0.0935. The molecule has 0 bridgehead atoms. The highest BCUT2D eigenvalue weighted by Crippen LogP contribution is 2.19. The van der Waals surface area contributed by atoms with Gasteiger partial charge in [-0.1, -0.05) is 36.7 Å². The number of carbonyl (C=O) groups is 1. The van der Waals surface area contributed by atoms with E-state index in [-0.39, 0.29) is 11.9 Å². The van der Waals surface area contributed by atoms with Gasteiger partial charge in [-0.25, -0.2) is 0 Å². The summed E-state index contributed by atoms with van der Waals surface area (Å²) in [7, 11) is 0. The first-order valence-electron chi connectivity index (χ1n) is 6.70. The van der Waals surface area contributed by atoms with Gasteiger partial charge in [-0.3, -0.25) is 4.79 Å². The number of benzene rings is 2. The Morgan fingerprint density at radius 2 is 2.00 bits per heavy atom. The van der Waals surface area contributed by atoms with Gasteiger partial charge in [-0.2, -0.15) is 5.26 Å². The maximum absolute atomic E-state index is 12.3. The van der Waals surface area contributed by atoms with Gasteiger partial charge in [-0.05, 0) is 42.3 Å². The number of rotatable bonds is 4. The normalized spacial score (nSPS) is 11.5. The van der Waals surface area contributed by atoms with E-state index in [4.69, 9.17) is 16.9 Å². The lowest BCUT2D eigenvalue weighted by atomic mass is 10.0. The summed E-state index contributed by atoms with van der Waals surface area (Å²) in [5.41, 5.74) is 1.97. The minimum absolute atomic E-state index is 0.0829. The van der Waals surface area contributed by atoms with Gasteiger partial charge >= 0.3 is 0 Å². The van der Waals surface area contributed by atoms with Crippen molar-refractivity contribution in [1.82, 2.24) is 5.32 Å². The minimum atomic E-state index is -0.186. The number of nitrogens with zero attached hydrogens (tertiary/aromatic N) is 1. The predicted molar refractivity (Wildman–Crippen MR) is 83.1 cm³/mol. The fourth-order valence-corrected chi connectivity index (χ4v) is 2.21. The second-order valence-electron chi connectivity index (χ2n) is 4.68. The number of hydrogen-bond acceptors (Lipinski definition) is 2. The Morgan fingerprint density at radius 1 is 1.29 bits per heavy atom. The molecule has 2 aromatic rings. The molecule has 0 radical (unpaired) electrons. The standard InChI is InChI=1S/C17H15ClN2O/c1-2-16(13-6-8-15(18)9-7-13)20-17(21)14-5-3-4-12(10-14)11-19/h3-10,16H,2H2,1H3,(H,20,21). The summed E-state index contributed by atoms with van der Waals surface area (Å²) in [6, 6.07) is 16.0. The lowest BCUT2D eigenvalue weighted by Crippen LogP contribution is -2.28. The second kappa shape index (κ2) is 6.92. The van der Waals surface area contributed by atoms with Crippen LogP contribution in [-0.2, 0) is 0 Å². The molecule has 0 saturated heterocycles. The van der Waals surface area contributed by atoms with Crippen molar-refractivity contribution < 1.29 is 4.79 Å². The molecule has 1 unspecified atom stereocenters. The molecule has 106 valence electrons. The molecule has 0 aliphatic heterocycles. The SMILES string of the molecule is CCC(NC(=O)c1cccc(C#N)c1)c1ccc(Cl)cc1. The first kappa shape index (κ1) is 15.1. The van der Waals surface area contributed by atoms with E-state index >= 15 is 0 Å². The molecule has 0 fully saturated rings. The van der Waals surface area contributed by atoms with Gasteiger partial charge in [0, 0.05) is 10.6 Å². The zero-order valence-corrected chi connectivity index (χ0v) is 12.4. The average molecular weight is 299 g/mol. The van der Waals surface area contributed by atoms with Gasteiger partial charge in [0.2, 0.25) is 0 Å². The molecular formula is C17H15ClN2O. The van der Waals surface area contributed by atoms with Gasteiger partial charge in [0.05, 0.1) is 17.7 Å². The van der Waals surface area contributed by atoms with E-state index in [1.807, 2.05) is 37.3 Å². The van der Waals surface area contributed by atoms with Crippen molar-refractivity contribution in [3.8, 4) is 6.07 Å². The van der Waals surface area contributed by atoms with Crippen molar-refractivity contribution in [2.24, 2.45) is 0 Å². The Labute approximate surface area is 129 Å². The summed E-state index contributed by atoms with van der Waals surface area (Å²) >= 11 is 5.88. The summed E-state index contributed by atoms with van der Waals surface area (Å²) in [4.78, 5) is 12.3. The molecule has 1 N–H and O–H groups in total. The van der Waals surface area contributed by atoms with E-state index in [0.29, 0.717) is 16.1 Å². The Balaban J connectivity index is 2.16. The van der Waals surface area contributed by atoms with Crippen LogP contribution in [0.15, 0.2) is 48.5 Å². The molecule has 4 heteroatoms. The van der Waals surface area contributed by atoms with Gasteiger partial charge in [0.15, 0.2) is 0 Å². The van der Waals surface area contributed by atoms with E-state index in [9.17, 15) is 4.79 Å². The Bertz CT molecular complexity index is 674. The van der Waals surface area contributed by atoms with Gasteiger partial charge in [0.25, 0.3) is 5.91 Å². The second-order valence-corrected chi connectivity index (χ2v) is 5.11. The number of amides is 1. The van der Waals surface area contributed by atoms with Gasteiger partial charge in [0.1, 0.15) is 0 Å². The maximum atomic E-state index is 12.3. The molecule has 21 heavy (non-hydrogen) atoms. The summed E-state index contributed by atoms with van der Waals surface area (Å²) in [6.07, 6.45) is 0.769. The van der Waals surface area contributed by atoms with Crippen molar-refractivity contribution in [2.45, 2.75) is 19.4 Å². The van der Waals surface area contributed by atoms with Crippen LogP contribution in [0.5, 0.6) is 0 Å². The highest BCUT2D eigenvalue weighted by atomic mass is 35.5. The van der Waals surface area contributed by atoms with E-state index < -0.39 is 0 Å². The molecule has 0 aromatic heterocycles. The van der Waals surface area contributed by atoms with E-state index in [1.54, 1.807) is 24.3 Å². The number of nitriles is 1. The van der Waals surface area contributed by atoms with Crippen LogP contribution in [0, 0.1) is 11.3 Å². The van der Waals surface area contributed by atoms with E-state index in [0.717, 1.165) is 12.0 Å². The third-order valence-corrected chi connectivity index (χ3v) is 3.49. The molecule has 1 atom stereocenters. The number of hydrogen-bond donors (Lipinski definition) is 1. The summed E-state index contributed by atoms with van der Waals surface area (Å²) in [5.74, 6) is -0.186. The topological polar surface area (TPSA) is 52.9 Å². The first-order chi connectivity index (χ1) is 10.1. The molecular weight excluding hydrogens is 284 g/mol. The molecule has 2 rings (SSSR count). The third kappa shape index (κ3) is 3.84. The Kier molecular flexibility index (Phi) is 4.97. The van der Waals surface area contributed by atoms with Gasteiger partial charge in [-0.15, -0.1) is 0 Å². The zero-order chi connectivity index (χ0) is 15.2. The number of nitrogens with one attached hydrogen (secondary N) is 1. The number of halogens is 1. The van der Waals surface area contributed by atoms with Crippen LogP contribution in [0.25, 0.3) is 0 Å². The zero-order valence-electron chi connectivity index (χ0n) is 11.6. The minimum Gasteiger partial charge on any atom is -0.345 e. The fourth-order valence-electron chi connectivity index (χ4n) is 2.09. The summed E-state index contributed by atoms with van der Waals surface area (Å²) < 4.78 is 0. The first-order valence-corrected chi connectivity index (χ1v) is 7.08. The maximum Gasteiger partial charge on any atom is 0.251 e. The van der Waals surface area contributed by atoms with Crippen LogP contribution >= 0.6 is 11.6 Å². The monoisotopic (exact) mass is 298 g/mol. The van der Waals surface area contributed by atoms with Crippen LogP contribution in [0.4, 0.5) is 0 Å². The van der Waals surface area contributed by atoms with Crippen LogP contribution in [0.3, 0.4) is 0 Å². The average Bonchev–Trinajstić information content (AvgIpc) is 2.53. The molecule has 2 aromatic carbocycles. The highest BCUT2D eigenvalue weighted by molar-refractivity contribution is 6.30. The van der Waals surface area contributed by atoms with Crippen LogP contribution in [0.1, 0.15) is 40.9 Å². The Hall–Kier alpha value is -2.31. The van der Waals surface area contributed by atoms with Crippen molar-refractivity contribution in [3.05, 3.63) is 70.2 Å². The van der Waals surface area contributed by atoms with Crippen molar-refractivity contribution >= 4 is 17.5 Å². The predicted octanol–water partition coefficient (Wildman–Crippen LogP) is 4.09. The van der Waals surface area contributed by atoms with Crippen LogP contribution in [0.2, 0.25) is 5.02 Å². The lowest BCUT2D eigenvalue weighted by Gasteiger charge is -2.17. The third-order valence-electron chi connectivity index (χ3n) is 3.24. The quantitative estimate of drug-likeness (QED) is 0.924. The molecule has 1 amide bonds. The molecule has 0 aliphatic carbocycles. The summed E-state index contributed by atoms with van der Waals surface area (Å²) in [5, 5.41) is 12.5. The molecule has 0 heterocycles. The highest BCUT2D eigenvalue weighted by Gasteiger charge is 2.14. The smallest absolute Gasteiger partial charge is 0.251 e. The Morgan fingerprint density at radius 3 is 2.62 bits per heavy atom. The molecule has 3 nitrogen and oxygen atoms in total. The molecule has 0 spiro atoms. The summed E-state index contributed by atoms with van der Waals surface area (Å²) in [6.45, 7) is 2.01. The molecule has 0 aliphatic rings. The molecule has 0 saturated carbocycles. The van der Waals surface area contributed by atoms with Crippen LogP contribution in [-0.4, -0.2) is 5.91 Å². The van der Waals surface area contributed by atoms with Crippen molar-refractivity contribution in [2.75, 3.05) is 0 Å².